The minimum atomic E-state index is -3.02. The van der Waals surface area contributed by atoms with Crippen molar-refractivity contribution in [1.29, 1.82) is 0 Å². The summed E-state index contributed by atoms with van der Waals surface area (Å²) >= 11 is 1.19. The smallest absolute Gasteiger partial charge is 0.356 e. The lowest BCUT2D eigenvalue weighted by Crippen LogP contribution is -2.08. The number of ether oxygens (including phenoxy) is 1. The first-order chi connectivity index (χ1) is 8.33. The molecule has 0 fully saturated rings. The molecule has 0 radical (unpaired) electrons. The molecule has 0 aliphatic heterocycles. The molecule has 0 atom stereocenters. The first kappa shape index (κ1) is 14.8. The van der Waals surface area contributed by atoms with Gasteiger partial charge in [0.05, 0.1) is 18.6 Å². The maximum absolute atomic E-state index is 11.3. The predicted molar refractivity (Wildman–Crippen MR) is 70.4 cm³/mol. The zero-order valence-corrected chi connectivity index (χ0v) is 11.7. The van der Waals surface area contributed by atoms with Crippen molar-refractivity contribution in [3.8, 4) is 0 Å². The molecule has 2 N–H and O–H groups in total. The minimum absolute atomic E-state index is 0.0290. The molecular formula is C10H14N2O4S2. The highest BCUT2D eigenvalue weighted by Gasteiger charge is 2.11. The van der Waals surface area contributed by atoms with Crippen LogP contribution in [-0.2, 0) is 14.6 Å². The number of carbonyl (C=O) groups is 1. The number of sulfone groups is 1. The van der Waals surface area contributed by atoms with E-state index in [2.05, 4.69) is 9.72 Å². The van der Waals surface area contributed by atoms with Crippen molar-refractivity contribution < 1.29 is 17.9 Å². The zero-order valence-electron chi connectivity index (χ0n) is 10.0. The van der Waals surface area contributed by atoms with Crippen molar-refractivity contribution >= 4 is 33.3 Å². The second kappa shape index (κ2) is 6.05. The standard InChI is InChI=1S/C10H14N2O4S2/c1-16-10(13)8-4-3-7(11)9(12-8)17-5-6-18(2,14)15/h3-4H,5-6,11H2,1-2H3. The fourth-order valence-corrected chi connectivity index (χ4v) is 3.21. The van der Waals surface area contributed by atoms with Crippen molar-refractivity contribution in [2.45, 2.75) is 5.03 Å². The third-order valence-electron chi connectivity index (χ3n) is 1.98. The summed E-state index contributed by atoms with van der Waals surface area (Å²) in [7, 11) is -1.76. The molecule has 100 valence electrons. The summed E-state index contributed by atoms with van der Waals surface area (Å²) in [6.45, 7) is 0. The maximum Gasteiger partial charge on any atom is 0.356 e. The van der Waals surface area contributed by atoms with E-state index >= 15 is 0 Å². The first-order valence-corrected chi connectivity index (χ1v) is 8.03. The van der Waals surface area contributed by atoms with E-state index in [0.29, 0.717) is 16.5 Å². The summed E-state index contributed by atoms with van der Waals surface area (Å²) in [4.78, 5) is 15.3. The van der Waals surface area contributed by atoms with E-state index in [1.807, 2.05) is 0 Å². The Bertz CT molecular complexity index is 543. The number of nitrogens with two attached hydrogens (primary N) is 1. The molecule has 0 aromatic carbocycles. The number of esters is 1. The number of anilines is 1. The fraction of sp³-hybridized carbons (Fsp3) is 0.400. The van der Waals surface area contributed by atoms with Gasteiger partial charge in [0.15, 0.2) is 0 Å². The summed E-state index contributed by atoms with van der Waals surface area (Å²) in [5, 5.41) is 0.432. The minimum Gasteiger partial charge on any atom is -0.464 e. The predicted octanol–water partition coefficient (Wildman–Crippen LogP) is 0.587. The Kier molecular flexibility index (Phi) is 4.97. The molecule has 0 amide bonds. The molecule has 1 rings (SSSR count). The number of rotatable bonds is 5. The van der Waals surface area contributed by atoms with Crippen LogP contribution in [0.15, 0.2) is 17.2 Å². The average molecular weight is 290 g/mol. The lowest BCUT2D eigenvalue weighted by Gasteiger charge is -2.06. The Morgan fingerprint density at radius 1 is 1.50 bits per heavy atom. The van der Waals surface area contributed by atoms with Crippen LogP contribution in [0.4, 0.5) is 5.69 Å². The number of hydrogen-bond donors (Lipinski definition) is 1. The lowest BCUT2D eigenvalue weighted by molar-refractivity contribution is 0.0593. The third-order valence-corrected chi connectivity index (χ3v) is 4.19. The number of nitrogen functional groups attached to an aromatic ring is 1. The van der Waals surface area contributed by atoms with Crippen LogP contribution in [0.2, 0.25) is 0 Å². The molecule has 18 heavy (non-hydrogen) atoms. The van der Waals surface area contributed by atoms with Crippen LogP contribution in [0, 0.1) is 0 Å². The van der Waals surface area contributed by atoms with E-state index in [9.17, 15) is 13.2 Å². The van der Waals surface area contributed by atoms with Crippen molar-refractivity contribution in [2.24, 2.45) is 0 Å². The monoisotopic (exact) mass is 290 g/mol. The van der Waals surface area contributed by atoms with Gasteiger partial charge in [-0.2, -0.15) is 0 Å². The number of carbonyl (C=O) groups excluding carboxylic acids is 1. The SMILES string of the molecule is COC(=O)c1ccc(N)c(SCCS(C)(=O)=O)n1. The van der Waals surface area contributed by atoms with Gasteiger partial charge < -0.3 is 10.5 Å². The van der Waals surface area contributed by atoms with Gasteiger partial charge >= 0.3 is 5.97 Å². The number of pyridine rings is 1. The van der Waals surface area contributed by atoms with E-state index in [-0.39, 0.29) is 11.4 Å². The zero-order chi connectivity index (χ0) is 13.8. The lowest BCUT2D eigenvalue weighted by atomic mass is 10.3. The highest BCUT2D eigenvalue weighted by molar-refractivity contribution is 8.00. The summed E-state index contributed by atoms with van der Waals surface area (Å²) in [5.74, 6) is -0.193. The van der Waals surface area contributed by atoms with Gasteiger partial charge in [-0.05, 0) is 12.1 Å². The molecule has 1 aromatic heterocycles. The van der Waals surface area contributed by atoms with Crippen molar-refractivity contribution in [1.82, 2.24) is 4.98 Å². The van der Waals surface area contributed by atoms with Crippen LogP contribution < -0.4 is 5.73 Å². The molecule has 0 spiro atoms. The number of methoxy groups -OCH3 is 1. The van der Waals surface area contributed by atoms with Crippen LogP contribution in [0.3, 0.4) is 0 Å². The fourth-order valence-electron chi connectivity index (χ4n) is 1.07. The summed E-state index contributed by atoms with van der Waals surface area (Å²) in [5.41, 5.74) is 6.25. The molecule has 0 saturated carbocycles. The maximum atomic E-state index is 11.3. The van der Waals surface area contributed by atoms with Crippen LogP contribution in [0.5, 0.6) is 0 Å². The molecule has 0 bridgehead atoms. The van der Waals surface area contributed by atoms with Gasteiger partial charge in [0.1, 0.15) is 20.6 Å². The Balaban J connectivity index is 2.79. The number of thioether (sulfide) groups is 1. The number of aromatic nitrogens is 1. The van der Waals surface area contributed by atoms with Crippen molar-refractivity contribution in [3.05, 3.63) is 17.8 Å². The van der Waals surface area contributed by atoms with Gasteiger partial charge in [-0.1, -0.05) is 0 Å². The molecule has 6 nitrogen and oxygen atoms in total. The normalized spacial score (nSPS) is 11.2. The van der Waals surface area contributed by atoms with Gasteiger partial charge in [0.2, 0.25) is 0 Å². The van der Waals surface area contributed by atoms with E-state index in [1.54, 1.807) is 6.07 Å². The van der Waals surface area contributed by atoms with Crippen LogP contribution in [0.25, 0.3) is 0 Å². The highest BCUT2D eigenvalue weighted by atomic mass is 32.2. The van der Waals surface area contributed by atoms with E-state index in [4.69, 9.17) is 5.73 Å². The van der Waals surface area contributed by atoms with Gasteiger partial charge in [0.25, 0.3) is 0 Å². The molecule has 1 heterocycles. The van der Waals surface area contributed by atoms with Gasteiger partial charge in [-0.3, -0.25) is 0 Å². The van der Waals surface area contributed by atoms with E-state index < -0.39 is 15.8 Å². The molecule has 0 aliphatic carbocycles. The summed E-state index contributed by atoms with van der Waals surface area (Å²) in [6, 6.07) is 3.00. The Morgan fingerprint density at radius 2 is 2.17 bits per heavy atom. The molecule has 0 saturated heterocycles. The molecule has 8 heteroatoms. The molecule has 1 aromatic rings. The number of hydrogen-bond acceptors (Lipinski definition) is 7. The van der Waals surface area contributed by atoms with Crippen LogP contribution >= 0.6 is 11.8 Å². The Labute approximate surface area is 110 Å². The quantitative estimate of drug-likeness (QED) is 0.625. The molecule has 0 aliphatic rings. The molecule has 0 unspecified atom stereocenters. The summed E-state index contributed by atoms with van der Waals surface area (Å²) < 4.78 is 26.5. The average Bonchev–Trinajstić information content (AvgIpc) is 2.29. The Hall–Kier alpha value is -1.28. The first-order valence-electron chi connectivity index (χ1n) is 4.99. The third kappa shape index (κ3) is 4.53. The number of nitrogens with zero attached hydrogens (tertiary/aromatic N) is 1. The van der Waals surface area contributed by atoms with Crippen LogP contribution in [-0.4, -0.2) is 44.2 Å². The van der Waals surface area contributed by atoms with Gasteiger partial charge in [0, 0.05) is 12.0 Å². The second-order valence-electron chi connectivity index (χ2n) is 3.56. The topological polar surface area (TPSA) is 99.4 Å². The summed E-state index contributed by atoms with van der Waals surface area (Å²) in [6.07, 6.45) is 1.16. The molecular weight excluding hydrogens is 276 g/mol. The van der Waals surface area contributed by atoms with E-state index in [1.165, 1.54) is 24.9 Å². The van der Waals surface area contributed by atoms with E-state index in [0.717, 1.165) is 6.26 Å². The van der Waals surface area contributed by atoms with Crippen molar-refractivity contribution in [3.63, 3.8) is 0 Å². The highest BCUT2D eigenvalue weighted by Crippen LogP contribution is 2.23. The van der Waals surface area contributed by atoms with Gasteiger partial charge in [-0.15, -0.1) is 11.8 Å². The van der Waals surface area contributed by atoms with Crippen LogP contribution in [0.1, 0.15) is 10.5 Å². The Morgan fingerprint density at radius 3 is 2.72 bits per heavy atom. The van der Waals surface area contributed by atoms with Gasteiger partial charge in [-0.25, -0.2) is 18.2 Å². The largest absolute Gasteiger partial charge is 0.464 e. The van der Waals surface area contributed by atoms with Crippen molar-refractivity contribution in [2.75, 3.05) is 30.6 Å². The second-order valence-corrected chi connectivity index (χ2v) is 6.90.